The molecule has 0 atom stereocenters. The van der Waals surface area contributed by atoms with Crippen molar-refractivity contribution in [1.82, 2.24) is 4.57 Å². The van der Waals surface area contributed by atoms with Gasteiger partial charge in [0.2, 0.25) is 5.91 Å². The highest BCUT2D eigenvalue weighted by atomic mass is 35.5. The fraction of sp³-hybridized carbons (Fsp3) is 0.0870. The van der Waals surface area contributed by atoms with Crippen molar-refractivity contribution in [3.63, 3.8) is 0 Å². The molecule has 134 valence electrons. The molecule has 2 N–H and O–H groups in total. The first kappa shape index (κ1) is 17.4. The van der Waals surface area contributed by atoms with Crippen LogP contribution in [0.5, 0.6) is 0 Å². The van der Waals surface area contributed by atoms with Crippen LogP contribution in [0.3, 0.4) is 0 Å². The zero-order valence-corrected chi connectivity index (χ0v) is 15.5. The summed E-state index contributed by atoms with van der Waals surface area (Å²) in [4.78, 5) is 11.5. The lowest BCUT2D eigenvalue weighted by Crippen LogP contribution is -2.14. The van der Waals surface area contributed by atoms with Gasteiger partial charge in [0.1, 0.15) is 0 Å². The van der Waals surface area contributed by atoms with E-state index in [1.54, 1.807) is 0 Å². The van der Waals surface area contributed by atoms with Crippen LogP contribution in [0.1, 0.15) is 6.42 Å². The molecule has 0 unspecified atom stereocenters. The zero-order valence-electron chi connectivity index (χ0n) is 14.7. The summed E-state index contributed by atoms with van der Waals surface area (Å²) in [6.45, 7) is 0.528. The summed E-state index contributed by atoms with van der Waals surface area (Å²) < 4.78 is 2.19. The predicted molar refractivity (Wildman–Crippen MR) is 112 cm³/mol. The molecule has 0 radical (unpaired) electrons. The van der Waals surface area contributed by atoms with Crippen LogP contribution in [0, 0.1) is 0 Å². The van der Waals surface area contributed by atoms with Crippen molar-refractivity contribution in [1.29, 1.82) is 0 Å². The quantitative estimate of drug-likeness (QED) is 0.492. The number of primary amides is 1. The van der Waals surface area contributed by atoms with Gasteiger partial charge in [-0.3, -0.25) is 4.79 Å². The maximum atomic E-state index is 11.5. The maximum Gasteiger partial charge on any atom is 0.219 e. The van der Waals surface area contributed by atoms with E-state index in [0.29, 0.717) is 11.6 Å². The number of amides is 1. The first-order valence-corrected chi connectivity index (χ1v) is 9.24. The average molecular weight is 375 g/mol. The first-order chi connectivity index (χ1) is 13.1. The molecule has 0 aliphatic rings. The fourth-order valence-electron chi connectivity index (χ4n) is 3.56. The number of hydrogen-bond acceptors (Lipinski definition) is 1. The topological polar surface area (TPSA) is 48.0 Å². The lowest BCUT2D eigenvalue weighted by Gasteiger charge is -2.12. The van der Waals surface area contributed by atoms with Crippen LogP contribution in [0.15, 0.2) is 78.9 Å². The molecule has 3 aromatic carbocycles. The molecule has 4 rings (SSSR count). The van der Waals surface area contributed by atoms with E-state index in [1.807, 2.05) is 54.6 Å². The van der Waals surface area contributed by atoms with Gasteiger partial charge in [-0.05, 0) is 29.3 Å². The lowest BCUT2D eigenvalue weighted by molar-refractivity contribution is -0.118. The van der Waals surface area contributed by atoms with Crippen LogP contribution < -0.4 is 5.73 Å². The number of rotatable bonds is 5. The second-order valence-electron chi connectivity index (χ2n) is 6.48. The van der Waals surface area contributed by atoms with Crippen molar-refractivity contribution >= 4 is 28.4 Å². The van der Waals surface area contributed by atoms with E-state index >= 15 is 0 Å². The highest BCUT2D eigenvalue weighted by molar-refractivity contribution is 6.30. The number of fused-ring (bicyclic) bond motifs is 1. The van der Waals surface area contributed by atoms with Gasteiger partial charge in [0, 0.05) is 34.5 Å². The number of nitrogens with two attached hydrogens (primary N) is 1. The number of carbonyl (C=O) groups is 1. The number of para-hydroxylation sites is 1. The number of hydrogen-bond donors (Lipinski definition) is 1. The summed E-state index contributed by atoms with van der Waals surface area (Å²) in [7, 11) is 0. The Hall–Kier alpha value is -3.04. The van der Waals surface area contributed by atoms with Crippen LogP contribution in [0.25, 0.3) is 33.3 Å². The third-order valence-electron chi connectivity index (χ3n) is 4.73. The number of halogens is 1. The van der Waals surface area contributed by atoms with Crippen LogP contribution in [-0.4, -0.2) is 10.5 Å². The summed E-state index contributed by atoms with van der Waals surface area (Å²) in [6.07, 6.45) is 0.285. The minimum atomic E-state index is -0.309. The van der Waals surface area contributed by atoms with E-state index in [1.165, 1.54) is 0 Å². The van der Waals surface area contributed by atoms with Gasteiger partial charge >= 0.3 is 0 Å². The normalized spacial score (nSPS) is 11.0. The van der Waals surface area contributed by atoms with E-state index in [-0.39, 0.29) is 12.3 Å². The molecular formula is C23H19ClN2O. The molecule has 0 fully saturated rings. The Morgan fingerprint density at radius 1 is 0.852 bits per heavy atom. The van der Waals surface area contributed by atoms with Gasteiger partial charge < -0.3 is 10.3 Å². The molecule has 0 aliphatic carbocycles. The van der Waals surface area contributed by atoms with Crippen molar-refractivity contribution in [2.45, 2.75) is 13.0 Å². The van der Waals surface area contributed by atoms with E-state index in [2.05, 4.69) is 28.8 Å². The summed E-state index contributed by atoms with van der Waals surface area (Å²) in [6, 6.07) is 26.4. The molecule has 0 saturated heterocycles. The van der Waals surface area contributed by atoms with E-state index < -0.39 is 0 Å². The number of aryl methyl sites for hydroxylation is 1. The number of benzene rings is 3. The van der Waals surface area contributed by atoms with Gasteiger partial charge in [-0.15, -0.1) is 0 Å². The van der Waals surface area contributed by atoms with Crippen molar-refractivity contribution < 1.29 is 4.79 Å². The molecule has 0 aliphatic heterocycles. The first-order valence-electron chi connectivity index (χ1n) is 8.86. The van der Waals surface area contributed by atoms with Gasteiger partial charge in [0.25, 0.3) is 0 Å². The van der Waals surface area contributed by atoms with Crippen LogP contribution in [0.4, 0.5) is 0 Å². The highest BCUT2D eigenvalue weighted by Gasteiger charge is 2.20. The summed E-state index contributed by atoms with van der Waals surface area (Å²) in [5.74, 6) is -0.309. The molecule has 27 heavy (non-hydrogen) atoms. The summed E-state index contributed by atoms with van der Waals surface area (Å²) >= 11 is 6.11. The third kappa shape index (κ3) is 3.34. The second-order valence-corrected chi connectivity index (χ2v) is 6.92. The second kappa shape index (κ2) is 7.29. The summed E-state index contributed by atoms with van der Waals surface area (Å²) in [5.41, 5.74) is 10.9. The van der Waals surface area contributed by atoms with Crippen molar-refractivity contribution in [3.8, 4) is 22.4 Å². The Morgan fingerprint density at radius 3 is 2.22 bits per heavy atom. The standard InChI is InChI=1S/C23H19ClN2O/c24-18-12-10-17(11-13-18)23-22(16-6-2-1-3-7-16)19-8-4-5-9-20(19)26(23)15-14-21(25)27/h1-13H,14-15H2,(H2,25,27). The van der Waals surface area contributed by atoms with Gasteiger partial charge in [-0.25, -0.2) is 0 Å². The van der Waals surface area contributed by atoms with E-state index in [0.717, 1.165) is 33.3 Å². The SMILES string of the molecule is NC(=O)CCn1c(-c2ccc(Cl)cc2)c(-c2ccccc2)c2ccccc21. The molecule has 0 saturated carbocycles. The Balaban J connectivity index is 2.05. The number of nitrogens with zero attached hydrogens (tertiary/aromatic N) is 1. The Labute approximate surface area is 163 Å². The fourth-order valence-corrected chi connectivity index (χ4v) is 3.69. The molecule has 0 spiro atoms. The smallest absolute Gasteiger partial charge is 0.219 e. The molecule has 1 aromatic heterocycles. The molecule has 4 heteroatoms. The maximum absolute atomic E-state index is 11.5. The Bertz CT molecular complexity index is 1100. The van der Waals surface area contributed by atoms with Crippen LogP contribution in [-0.2, 0) is 11.3 Å². The minimum absolute atomic E-state index is 0.285. The average Bonchev–Trinajstić information content (AvgIpc) is 3.02. The van der Waals surface area contributed by atoms with Crippen molar-refractivity contribution in [2.24, 2.45) is 5.73 Å². The van der Waals surface area contributed by atoms with E-state index in [4.69, 9.17) is 17.3 Å². The van der Waals surface area contributed by atoms with Gasteiger partial charge in [-0.2, -0.15) is 0 Å². The minimum Gasteiger partial charge on any atom is -0.370 e. The largest absolute Gasteiger partial charge is 0.370 e. The number of aromatic nitrogens is 1. The molecule has 4 aromatic rings. The predicted octanol–water partition coefficient (Wildman–Crippen LogP) is 5.50. The summed E-state index contributed by atoms with van der Waals surface area (Å²) in [5, 5.41) is 1.85. The van der Waals surface area contributed by atoms with Crippen molar-refractivity contribution in [2.75, 3.05) is 0 Å². The zero-order chi connectivity index (χ0) is 18.8. The van der Waals surface area contributed by atoms with Crippen LogP contribution >= 0.6 is 11.6 Å². The third-order valence-corrected chi connectivity index (χ3v) is 4.98. The van der Waals surface area contributed by atoms with E-state index in [9.17, 15) is 4.79 Å². The molecular weight excluding hydrogens is 356 g/mol. The van der Waals surface area contributed by atoms with Gasteiger partial charge in [0.05, 0.1) is 5.69 Å². The lowest BCUT2D eigenvalue weighted by atomic mass is 9.98. The van der Waals surface area contributed by atoms with Gasteiger partial charge in [0.15, 0.2) is 0 Å². The molecule has 1 heterocycles. The molecule has 1 amide bonds. The number of carbonyl (C=O) groups excluding carboxylic acids is 1. The van der Waals surface area contributed by atoms with Gasteiger partial charge in [-0.1, -0.05) is 72.3 Å². The molecule has 3 nitrogen and oxygen atoms in total. The Morgan fingerprint density at radius 2 is 1.52 bits per heavy atom. The van der Waals surface area contributed by atoms with Crippen LogP contribution in [0.2, 0.25) is 5.02 Å². The van der Waals surface area contributed by atoms with Crippen molar-refractivity contribution in [3.05, 3.63) is 83.9 Å². The molecule has 0 bridgehead atoms. The Kier molecular flexibility index (Phi) is 4.69. The highest BCUT2D eigenvalue weighted by Crippen LogP contribution is 2.41. The monoisotopic (exact) mass is 374 g/mol.